The third kappa shape index (κ3) is 7.12. The molecule has 0 saturated heterocycles. The van der Waals surface area contributed by atoms with Crippen molar-refractivity contribution in [2.75, 3.05) is 26.2 Å². The molecule has 2 amide bonds. The lowest BCUT2D eigenvalue weighted by Gasteiger charge is -2.08. The Hall–Kier alpha value is -1.90. The Kier molecular flexibility index (Phi) is 10.7. The molecule has 1 rings (SSSR count). The van der Waals surface area contributed by atoms with Gasteiger partial charge in [-0.15, -0.1) is 12.4 Å². The normalized spacial score (nSPS) is 9.75. The second-order valence-electron chi connectivity index (χ2n) is 4.67. The van der Waals surface area contributed by atoms with Gasteiger partial charge in [-0.25, -0.2) is 0 Å². The summed E-state index contributed by atoms with van der Waals surface area (Å²) in [5.74, 6) is -1.15. The number of nitrogens with one attached hydrogen (secondary N) is 3. The summed E-state index contributed by atoms with van der Waals surface area (Å²) in [7, 11) is 0. The molecule has 0 atom stereocenters. The molecule has 134 valence electrons. The van der Waals surface area contributed by atoms with Crippen LogP contribution in [0.3, 0.4) is 0 Å². The molecule has 0 aliphatic rings. The van der Waals surface area contributed by atoms with Gasteiger partial charge in [-0.3, -0.25) is 19.7 Å². The van der Waals surface area contributed by atoms with E-state index in [2.05, 4.69) is 16.0 Å². The minimum Gasteiger partial charge on any atom is -0.353 e. The summed E-state index contributed by atoms with van der Waals surface area (Å²) in [6.07, 6.45) is 1.00. The zero-order chi connectivity index (χ0) is 17.2. The molecule has 0 saturated carbocycles. The summed E-state index contributed by atoms with van der Waals surface area (Å²) in [4.78, 5) is 33.8. The fourth-order valence-corrected chi connectivity index (χ4v) is 2.05. The van der Waals surface area contributed by atoms with Gasteiger partial charge >= 0.3 is 0 Å². The molecule has 0 fully saturated rings. The number of nitro groups is 1. The van der Waals surface area contributed by atoms with Crippen molar-refractivity contribution in [2.24, 2.45) is 0 Å². The summed E-state index contributed by atoms with van der Waals surface area (Å²) in [5, 5.41) is 18.9. The molecule has 1 aromatic carbocycles. The van der Waals surface area contributed by atoms with Crippen LogP contribution in [0.25, 0.3) is 0 Å². The van der Waals surface area contributed by atoms with Crippen LogP contribution in [-0.2, 0) is 4.79 Å². The van der Waals surface area contributed by atoms with Crippen molar-refractivity contribution in [2.45, 2.75) is 13.3 Å². The number of benzene rings is 1. The molecule has 0 bridgehead atoms. The van der Waals surface area contributed by atoms with Crippen LogP contribution in [0.2, 0.25) is 5.02 Å². The first-order valence-corrected chi connectivity index (χ1v) is 7.53. The molecule has 0 radical (unpaired) electrons. The highest BCUT2D eigenvalue weighted by Crippen LogP contribution is 2.25. The Morgan fingerprint density at radius 3 is 2.54 bits per heavy atom. The van der Waals surface area contributed by atoms with Gasteiger partial charge in [-0.2, -0.15) is 0 Å². The minimum atomic E-state index is -0.762. The molecule has 0 spiro atoms. The fourth-order valence-electron chi connectivity index (χ4n) is 1.79. The lowest BCUT2D eigenvalue weighted by Crippen LogP contribution is -2.39. The Labute approximate surface area is 150 Å². The molecule has 0 aliphatic heterocycles. The van der Waals surface area contributed by atoms with Gasteiger partial charge in [0.25, 0.3) is 11.6 Å². The van der Waals surface area contributed by atoms with E-state index < -0.39 is 16.5 Å². The zero-order valence-corrected chi connectivity index (χ0v) is 14.7. The van der Waals surface area contributed by atoms with E-state index in [0.717, 1.165) is 13.0 Å². The highest BCUT2D eigenvalue weighted by Gasteiger charge is 2.23. The van der Waals surface area contributed by atoms with E-state index in [4.69, 9.17) is 11.6 Å². The van der Waals surface area contributed by atoms with E-state index in [9.17, 15) is 19.7 Å². The third-order valence-electron chi connectivity index (χ3n) is 2.88. The number of rotatable bonds is 9. The molecular weight excluding hydrogens is 359 g/mol. The second kappa shape index (κ2) is 11.6. The number of nitrogens with zero attached hydrogens (tertiary/aromatic N) is 1. The molecule has 0 heterocycles. The first kappa shape index (κ1) is 22.1. The van der Waals surface area contributed by atoms with Crippen LogP contribution >= 0.6 is 24.0 Å². The molecule has 8 nitrogen and oxygen atoms in total. The summed E-state index contributed by atoms with van der Waals surface area (Å²) >= 11 is 5.84. The van der Waals surface area contributed by atoms with Crippen molar-refractivity contribution in [3.05, 3.63) is 38.9 Å². The molecule has 1 aromatic rings. The topological polar surface area (TPSA) is 113 Å². The van der Waals surface area contributed by atoms with E-state index in [1.54, 1.807) is 0 Å². The molecule has 0 aliphatic carbocycles. The number of hydrogen-bond donors (Lipinski definition) is 3. The molecule has 0 aromatic heterocycles. The van der Waals surface area contributed by atoms with Crippen LogP contribution in [0.1, 0.15) is 23.7 Å². The predicted molar refractivity (Wildman–Crippen MR) is 93.9 cm³/mol. The van der Waals surface area contributed by atoms with E-state index >= 15 is 0 Å². The van der Waals surface area contributed by atoms with Gasteiger partial charge in [0.15, 0.2) is 0 Å². The van der Waals surface area contributed by atoms with Crippen molar-refractivity contribution < 1.29 is 14.5 Å². The van der Waals surface area contributed by atoms with Crippen molar-refractivity contribution in [3.63, 3.8) is 0 Å². The van der Waals surface area contributed by atoms with Crippen LogP contribution in [0.4, 0.5) is 5.69 Å². The van der Waals surface area contributed by atoms with Crippen molar-refractivity contribution in [3.8, 4) is 0 Å². The van der Waals surface area contributed by atoms with Gasteiger partial charge in [0.1, 0.15) is 5.56 Å². The zero-order valence-electron chi connectivity index (χ0n) is 13.1. The van der Waals surface area contributed by atoms with Crippen molar-refractivity contribution in [1.82, 2.24) is 16.0 Å². The van der Waals surface area contributed by atoms with E-state index in [1.807, 2.05) is 6.92 Å². The van der Waals surface area contributed by atoms with Gasteiger partial charge in [0, 0.05) is 19.2 Å². The number of nitro benzene ring substituents is 1. The average molecular weight is 379 g/mol. The Balaban J connectivity index is 0.00000529. The van der Waals surface area contributed by atoms with Gasteiger partial charge in [0.05, 0.1) is 16.5 Å². The maximum Gasteiger partial charge on any atom is 0.283 e. The van der Waals surface area contributed by atoms with Crippen molar-refractivity contribution in [1.29, 1.82) is 0 Å². The predicted octanol–water partition coefficient (Wildman–Crippen LogP) is 1.52. The molecule has 10 heteroatoms. The maximum absolute atomic E-state index is 12.0. The highest BCUT2D eigenvalue weighted by molar-refractivity contribution is 6.34. The smallest absolute Gasteiger partial charge is 0.283 e. The van der Waals surface area contributed by atoms with Crippen LogP contribution in [0.5, 0.6) is 0 Å². The first-order chi connectivity index (χ1) is 11.0. The lowest BCUT2D eigenvalue weighted by atomic mass is 10.1. The quantitative estimate of drug-likeness (QED) is 0.342. The summed E-state index contributed by atoms with van der Waals surface area (Å²) < 4.78 is 0. The highest BCUT2D eigenvalue weighted by atomic mass is 35.5. The Bertz CT molecular complexity index is 584. The van der Waals surface area contributed by atoms with Crippen LogP contribution in [-0.4, -0.2) is 42.9 Å². The van der Waals surface area contributed by atoms with Gasteiger partial charge < -0.3 is 16.0 Å². The van der Waals surface area contributed by atoms with Crippen LogP contribution in [0.15, 0.2) is 18.2 Å². The van der Waals surface area contributed by atoms with E-state index in [1.165, 1.54) is 18.2 Å². The monoisotopic (exact) mass is 378 g/mol. The average Bonchev–Trinajstić information content (AvgIpc) is 2.52. The fraction of sp³-hybridized carbons (Fsp3) is 0.429. The number of halogens is 2. The SMILES string of the molecule is CCCNCCNC(=O)CNC(=O)c1c(Cl)cccc1[N+](=O)[O-].Cl. The lowest BCUT2D eigenvalue weighted by molar-refractivity contribution is -0.385. The first-order valence-electron chi connectivity index (χ1n) is 7.15. The van der Waals surface area contributed by atoms with Gasteiger partial charge in [-0.1, -0.05) is 24.6 Å². The second-order valence-corrected chi connectivity index (χ2v) is 5.08. The number of hydrogen-bond acceptors (Lipinski definition) is 5. The Morgan fingerprint density at radius 2 is 1.92 bits per heavy atom. The van der Waals surface area contributed by atoms with Gasteiger partial charge in [-0.05, 0) is 19.0 Å². The summed E-state index contributed by atoms with van der Waals surface area (Å²) in [5.41, 5.74) is -0.657. The van der Waals surface area contributed by atoms with E-state index in [0.29, 0.717) is 13.1 Å². The summed E-state index contributed by atoms with van der Waals surface area (Å²) in [6, 6.07) is 3.94. The number of carbonyl (C=O) groups is 2. The molecule has 24 heavy (non-hydrogen) atoms. The van der Waals surface area contributed by atoms with Crippen LogP contribution < -0.4 is 16.0 Å². The van der Waals surface area contributed by atoms with E-state index in [-0.39, 0.29) is 35.4 Å². The standard InChI is InChI=1S/C14H19ClN4O4.ClH/c1-2-6-16-7-8-17-12(20)9-18-14(21)13-10(15)4-3-5-11(13)19(22)23;/h3-5,16H,2,6-9H2,1H3,(H,17,20)(H,18,21);1H. The minimum absolute atomic E-state index is 0. The maximum atomic E-state index is 12.0. The number of amides is 2. The van der Waals surface area contributed by atoms with Crippen LogP contribution in [0, 0.1) is 10.1 Å². The molecule has 3 N–H and O–H groups in total. The van der Waals surface area contributed by atoms with Gasteiger partial charge in [0.2, 0.25) is 5.91 Å². The Morgan fingerprint density at radius 1 is 1.21 bits per heavy atom. The largest absolute Gasteiger partial charge is 0.353 e. The summed E-state index contributed by atoms with van der Waals surface area (Å²) in [6.45, 7) is 3.68. The van der Waals surface area contributed by atoms with Crippen molar-refractivity contribution >= 4 is 41.5 Å². The molecule has 0 unspecified atom stereocenters. The third-order valence-corrected chi connectivity index (χ3v) is 3.19. The number of carbonyl (C=O) groups excluding carboxylic acids is 2. The molecular formula is C14H20Cl2N4O4.